The van der Waals surface area contributed by atoms with Crippen LogP contribution in [0.5, 0.6) is 5.75 Å². The molecule has 10 nitrogen and oxygen atoms in total. The topological polar surface area (TPSA) is 131 Å². The summed E-state index contributed by atoms with van der Waals surface area (Å²) in [7, 11) is 1.58. The van der Waals surface area contributed by atoms with Crippen molar-refractivity contribution in [3.8, 4) is 11.8 Å². The number of benzene rings is 1. The molecule has 1 saturated heterocycles. The second-order valence-corrected chi connectivity index (χ2v) is 10.0. The molecule has 10 heteroatoms. The number of pyridine rings is 1. The van der Waals surface area contributed by atoms with Crippen molar-refractivity contribution in [2.24, 2.45) is 0 Å². The van der Waals surface area contributed by atoms with Gasteiger partial charge in [-0.05, 0) is 63.4 Å². The summed E-state index contributed by atoms with van der Waals surface area (Å²) in [6.45, 7) is 6.13. The number of piperidine rings is 1. The Balaban J connectivity index is 1.64. The number of nitriles is 1. The molecule has 2 amide bonds. The Kier molecular flexibility index (Phi) is 9.79. The highest BCUT2D eigenvalue weighted by molar-refractivity contribution is 5.96. The Bertz CT molecular complexity index is 1140. The van der Waals surface area contributed by atoms with Crippen LogP contribution in [0.15, 0.2) is 42.6 Å². The number of hydrogen-bond donors (Lipinski definition) is 1. The van der Waals surface area contributed by atoms with Crippen LogP contribution in [0, 0.1) is 11.3 Å². The lowest BCUT2D eigenvalue weighted by molar-refractivity contribution is -0.163. The van der Waals surface area contributed by atoms with E-state index in [1.807, 2.05) is 18.2 Å². The summed E-state index contributed by atoms with van der Waals surface area (Å²) < 4.78 is 16.2. The summed E-state index contributed by atoms with van der Waals surface area (Å²) >= 11 is 0. The molecule has 202 valence electrons. The predicted molar refractivity (Wildman–Crippen MR) is 138 cm³/mol. The van der Waals surface area contributed by atoms with Crippen molar-refractivity contribution in [1.29, 1.82) is 5.26 Å². The summed E-state index contributed by atoms with van der Waals surface area (Å²) in [5.41, 5.74) is 0.732. The van der Waals surface area contributed by atoms with E-state index in [4.69, 9.17) is 19.5 Å². The zero-order valence-electron chi connectivity index (χ0n) is 22.2. The second-order valence-electron chi connectivity index (χ2n) is 10.0. The number of nitrogens with one attached hydrogen (secondary N) is 1. The summed E-state index contributed by atoms with van der Waals surface area (Å²) in [6, 6.07) is 11.4. The maximum atomic E-state index is 13.5. The largest absolute Gasteiger partial charge is 0.497 e. The number of esters is 1. The van der Waals surface area contributed by atoms with E-state index in [0.717, 1.165) is 5.56 Å². The molecule has 38 heavy (non-hydrogen) atoms. The SMILES string of the molecule is COc1ccc(C[C@H](NC(=O)c2ccc(C#N)cn2)C(=O)N2CCC(OCC(=O)OC(C)(C)C)CC2)cc1. The van der Waals surface area contributed by atoms with Crippen molar-refractivity contribution < 1.29 is 28.6 Å². The fraction of sp³-hybridized carbons (Fsp3) is 0.464. The lowest BCUT2D eigenvalue weighted by atomic mass is 10.0. The Morgan fingerprint density at radius 3 is 2.37 bits per heavy atom. The van der Waals surface area contributed by atoms with Crippen LogP contribution in [0.2, 0.25) is 0 Å². The van der Waals surface area contributed by atoms with E-state index in [-0.39, 0.29) is 30.7 Å². The Labute approximate surface area is 222 Å². The monoisotopic (exact) mass is 522 g/mol. The van der Waals surface area contributed by atoms with Gasteiger partial charge in [-0.1, -0.05) is 12.1 Å². The van der Waals surface area contributed by atoms with Gasteiger partial charge in [0, 0.05) is 25.7 Å². The lowest BCUT2D eigenvalue weighted by Crippen LogP contribution is -2.52. The minimum atomic E-state index is -0.826. The van der Waals surface area contributed by atoms with Gasteiger partial charge < -0.3 is 24.4 Å². The Morgan fingerprint density at radius 1 is 1.13 bits per heavy atom. The molecule has 0 bridgehead atoms. The summed E-state index contributed by atoms with van der Waals surface area (Å²) in [4.78, 5) is 44.1. The number of carbonyl (C=O) groups excluding carboxylic acids is 3. The number of likely N-dealkylation sites (tertiary alicyclic amines) is 1. The van der Waals surface area contributed by atoms with E-state index in [0.29, 0.717) is 37.2 Å². The molecule has 2 heterocycles. The highest BCUT2D eigenvalue weighted by Gasteiger charge is 2.31. The molecule has 0 radical (unpaired) electrons. The van der Waals surface area contributed by atoms with E-state index in [9.17, 15) is 14.4 Å². The second kappa shape index (κ2) is 13.0. The fourth-order valence-corrected chi connectivity index (χ4v) is 4.04. The van der Waals surface area contributed by atoms with Crippen LogP contribution in [0.4, 0.5) is 0 Å². The molecule has 3 rings (SSSR count). The highest BCUT2D eigenvalue weighted by atomic mass is 16.6. The average Bonchev–Trinajstić information content (AvgIpc) is 2.91. The predicted octanol–water partition coefficient (Wildman–Crippen LogP) is 2.65. The molecule has 0 aliphatic carbocycles. The zero-order chi connectivity index (χ0) is 27.7. The maximum Gasteiger partial charge on any atom is 0.332 e. The molecule has 0 unspecified atom stereocenters. The standard InChI is InChI=1S/C28H34N4O6/c1-28(2,3)38-25(33)18-37-22-11-13-32(14-12-22)27(35)24(15-19-5-8-21(36-4)9-6-19)31-26(34)23-10-7-20(16-29)17-30-23/h5-10,17,22,24H,11-15,18H2,1-4H3,(H,31,34)/t24-/m0/s1. The van der Waals surface area contributed by atoms with Gasteiger partial charge in [-0.2, -0.15) is 5.26 Å². The Hall–Kier alpha value is -3.97. The molecule has 1 aromatic carbocycles. The lowest BCUT2D eigenvalue weighted by Gasteiger charge is -2.34. The smallest absolute Gasteiger partial charge is 0.332 e. The first-order chi connectivity index (χ1) is 18.1. The van der Waals surface area contributed by atoms with Crippen molar-refractivity contribution in [1.82, 2.24) is 15.2 Å². The minimum absolute atomic E-state index is 0.116. The van der Waals surface area contributed by atoms with Gasteiger partial charge in [0.2, 0.25) is 5.91 Å². The van der Waals surface area contributed by atoms with Crippen molar-refractivity contribution in [3.63, 3.8) is 0 Å². The van der Waals surface area contributed by atoms with Crippen LogP contribution in [0.3, 0.4) is 0 Å². The van der Waals surface area contributed by atoms with Gasteiger partial charge in [0.05, 0.1) is 18.8 Å². The molecule has 0 saturated carbocycles. The van der Waals surface area contributed by atoms with Crippen molar-refractivity contribution in [3.05, 3.63) is 59.4 Å². The molecule has 1 fully saturated rings. The third kappa shape index (κ3) is 8.56. The first kappa shape index (κ1) is 28.6. The quantitative estimate of drug-likeness (QED) is 0.498. The van der Waals surface area contributed by atoms with Crippen LogP contribution in [0.1, 0.15) is 55.2 Å². The number of aromatic nitrogens is 1. The van der Waals surface area contributed by atoms with Gasteiger partial charge in [0.15, 0.2) is 0 Å². The highest BCUT2D eigenvalue weighted by Crippen LogP contribution is 2.18. The molecule has 1 N–H and O–H groups in total. The number of nitrogens with zero attached hydrogens (tertiary/aromatic N) is 3. The maximum absolute atomic E-state index is 13.5. The van der Waals surface area contributed by atoms with Crippen molar-refractivity contribution >= 4 is 17.8 Å². The third-order valence-electron chi connectivity index (χ3n) is 5.94. The normalized spacial score (nSPS) is 14.8. The van der Waals surface area contributed by atoms with Gasteiger partial charge in [-0.25, -0.2) is 9.78 Å². The Morgan fingerprint density at radius 2 is 1.82 bits per heavy atom. The molecule has 1 aliphatic rings. The summed E-state index contributed by atoms with van der Waals surface area (Å²) in [5.74, 6) is -0.448. The molecular weight excluding hydrogens is 488 g/mol. The molecule has 0 spiro atoms. The van der Waals surface area contributed by atoms with Crippen LogP contribution in [-0.2, 0) is 25.5 Å². The van der Waals surface area contributed by atoms with E-state index in [1.165, 1.54) is 18.3 Å². The van der Waals surface area contributed by atoms with Gasteiger partial charge >= 0.3 is 5.97 Å². The van der Waals surface area contributed by atoms with Crippen LogP contribution < -0.4 is 10.1 Å². The van der Waals surface area contributed by atoms with Crippen molar-refractivity contribution in [2.75, 3.05) is 26.8 Å². The molecular formula is C28H34N4O6. The van der Waals surface area contributed by atoms with E-state index in [1.54, 1.807) is 44.9 Å². The minimum Gasteiger partial charge on any atom is -0.497 e. The molecule has 2 aromatic rings. The number of ether oxygens (including phenoxy) is 3. The van der Waals surface area contributed by atoms with Crippen LogP contribution >= 0.6 is 0 Å². The molecule has 1 aromatic heterocycles. The molecule has 1 atom stereocenters. The number of rotatable bonds is 9. The average molecular weight is 523 g/mol. The van der Waals surface area contributed by atoms with Gasteiger partial charge in [-0.3, -0.25) is 9.59 Å². The van der Waals surface area contributed by atoms with Gasteiger partial charge in [0.1, 0.15) is 35.8 Å². The third-order valence-corrected chi connectivity index (χ3v) is 5.94. The molecule has 1 aliphatic heterocycles. The van der Waals surface area contributed by atoms with E-state index >= 15 is 0 Å². The van der Waals surface area contributed by atoms with E-state index in [2.05, 4.69) is 10.3 Å². The number of hydrogen-bond acceptors (Lipinski definition) is 8. The van der Waals surface area contributed by atoms with Gasteiger partial charge in [-0.15, -0.1) is 0 Å². The zero-order valence-corrected chi connectivity index (χ0v) is 22.2. The number of carbonyl (C=O) groups is 3. The summed E-state index contributed by atoms with van der Waals surface area (Å²) in [5, 5.41) is 11.8. The summed E-state index contributed by atoms with van der Waals surface area (Å²) in [6.07, 6.45) is 2.56. The first-order valence-corrected chi connectivity index (χ1v) is 12.5. The first-order valence-electron chi connectivity index (χ1n) is 12.5. The van der Waals surface area contributed by atoms with Crippen LogP contribution in [0.25, 0.3) is 0 Å². The van der Waals surface area contributed by atoms with Crippen LogP contribution in [-0.4, -0.2) is 72.2 Å². The van der Waals surface area contributed by atoms with Crippen molar-refractivity contribution in [2.45, 2.75) is 57.8 Å². The van der Waals surface area contributed by atoms with E-state index < -0.39 is 23.5 Å². The van der Waals surface area contributed by atoms with Gasteiger partial charge in [0.25, 0.3) is 5.91 Å². The number of methoxy groups -OCH3 is 1. The fourth-order valence-electron chi connectivity index (χ4n) is 4.04. The number of amides is 2.